The Bertz CT molecular complexity index is 1400. The summed E-state index contributed by atoms with van der Waals surface area (Å²) in [6, 6.07) is 16.4. The summed E-state index contributed by atoms with van der Waals surface area (Å²) in [5, 5.41) is 3.56. The summed E-state index contributed by atoms with van der Waals surface area (Å²) in [5.74, 6) is 0.476. The molecule has 1 aliphatic rings. The van der Waals surface area contributed by atoms with Gasteiger partial charge < -0.3 is 24.3 Å². The number of aromatic nitrogens is 2. The predicted octanol–water partition coefficient (Wildman–Crippen LogP) is 5.06. The molecule has 9 heteroatoms. The van der Waals surface area contributed by atoms with Crippen LogP contribution < -0.4 is 10.2 Å². The summed E-state index contributed by atoms with van der Waals surface area (Å²) in [6.07, 6.45) is 2.83. The third-order valence-corrected chi connectivity index (χ3v) is 6.34. The van der Waals surface area contributed by atoms with Crippen LogP contribution in [-0.2, 0) is 4.74 Å². The number of halogens is 1. The molecule has 2 aromatic carbocycles. The van der Waals surface area contributed by atoms with E-state index in [4.69, 9.17) is 21.3 Å². The molecule has 1 aliphatic heterocycles. The van der Waals surface area contributed by atoms with E-state index in [1.165, 1.54) is 0 Å². The second-order valence-corrected chi connectivity index (χ2v) is 8.83. The Morgan fingerprint density at radius 3 is 2.77 bits per heavy atom. The lowest BCUT2D eigenvalue weighted by atomic mass is 10.2. The molecule has 1 N–H and O–H groups in total. The molecule has 4 aromatic rings. The van der Waals surface area contributed by atoms with E-state index in [0.717, 1.165) is 35.3 Å². The number of amides is 2. The van der Waals surface area contributed by atoms with Crippen molar-refractivity contribution in [3.8, 4) is 0 Å². The molecule has 0 bridgehead atoms. The van der Waals surface area contributed by atoms with Crippen molar-refractivity contribution in [2.75, 3.05) is 43.0 Å². The van der Waals surface area contributed by atoms with E-state index in [0.29, 0.717) is 42.5 Å². The summed E-state index contributed by atoms with van der Waals surface area (Å²) in [7, 11) is 0. The Labute approximate surface area is 208 Å². The van der Waals surface area contributed by atoms with Gasteiger partial charge in [-0.1, -0.05) is 17.7 Å². The number of carbonyl (C=O) groups excluding carboxylic acids is 2. The van der Waals surface area contributed by atoms with E-state index in [1.807, 2.05) is 30.5 Å². The zero-order chi connectivity index (χ0) is 24.4. The molecule has 0 aliphatic carbocycles. The minimum absolute atomic E-state index is 0.195. The Hall–Kier alpha value is -3.78. The first-order chi connectivity index (χ1) is 17.0. The van der Waals surface area contributed by atoms with Gasteiger partial charge in [0.2, 0.25) is 0 Å². The molecule has 0 radical (unpaired) electrons. The molecule has 0 spiro atoms. The van der Waals surface area contributed by atoms with Gasteiger partial charge in [-0.15, -0.1) is 0 Å². The molecular formula is C26H26ClN5O3. The van der Waals surface area contributed by atoms with Crippen LogP contribution in [0.5, 0.6) is 0 Å². The van der Waals surface area contributed by atoms with Crippen molar-refractivity contribution < 1.29 is 14.3 Å². The Kier molecular flexibility index (Phi) is 6.46. The Morgan fingerprint density at radius 2 is 1.91 bits per heavy atom. The maximum absolute atomic E-state index is 13.0. The van der Waals surface area contributed by atoms with Crippen molar-refractivity contribution in [2.24, 2.45) is 0 Å². The smallest absolute Gasteiger partial charge is 0.338 e. The SMILES string of the molecule is CCOC(=O)c1cccc(NC(=O)N2CCCN(c3nc4cc(Cl)ccc4n4cccc34)CC2)c1. The van der Waals surface area contributed by atoms with Crippen molar-refractivity contribution >= 4 is 51.7 Å². The third kappa shape index (κ3) is 4.74. The van der Waals surface area contributed by atoms with Gasteiger partial charge in [0.15, 0.2) is 5.82 Å². The fourth-order valence-electron chi connectivity index (χ4n) is 4.44. The molecule has 0 atom stereocenters. The molecule has 3 heterocycles. The van der Waals surface area contributed by atoms with Crippen LogP contribution in [0, 0.1) is 0 Å². The molecular weight excluding hydrogens is 466 g/mol. The first kappa shape index (κ1) is 23.0. The molecule has 0 unspecified atom stereocenters. The largest absolute Gasteiger partial charge is 0.462 e. The average Bonchev–Trinajstić information content (AvgIpc) is 3.21. The van der Waals surface area contributed by atoms with Gasteiger partial charge in [0.05, 0.1) is 28.7 Å². The number of rotatable bonds is 4. The summed E-state index contributed by atoms with van der Waals surface area (Å²) in [4.78, 5) is 34.0. The highest BCUT2D eigenvalue weighted by Gasteiger charge is 2.22. The van der Waals surface area contributed by atoms with Crippen LogP contribution >= 0.6 is 11.6 Å². The molecule has 8 nitrogen and oxygen atoms in total. The number of esters is 1. The molecule has 5 rings (SSSR count). The highest BCUT2D eigenvalue weighted by atomic mass is 35.5. The second-order valence-electron chi connectivity index (χ2n) is 8.39. The zero-order valence-corrected chi connectivity index (χ0v) is 20.2. The quantitative estimate of drug-likeness (QED) is 0.403. The van der Waals surface area contributed by atoms with E-state index in [1.54, 1.807) is 36.1 Å². The number of anilines is 2. The lowest BCUT2D eigenvalue weighted by Gasteiger charge is -2.24. The van der Waals surface area contributed by atoms with E-state index in [9.17, 15) is 9.59 Å². The van der Waals surface area contributed by atoms with Gasteiger partial charge in [-0.05, 0) is 61.9 Å². The summed E-state index contributed by atoms with van der Waals surface area (Å²) < 4.78 is 7.17. The van der Waals surface area contributed by atoms with Crippen LogP contribution in [0.2, 0.25) is 5.02 Å². The van der Waals surface area contributed by atoms with Crippen LogP contribution in [0.4, 0.5) is 16.3 Å². The van der Waals surface area contributed by atoms with Crippen molar-refractivity contribution in [1.82, 2.24) is 14.3 Å². The first-order valence-corrected chi connectivity index (χ1v) is 12.1. The minimum atomic E-state index is -0.408. The van der Waals surface area contributed by atoms with Crippen molar-refractivity contribution in [2.45, 2.75) is 13.3 Å². The first-order valence-electron chi connectivity index (χ1n) is 11.7. The zero-order valence-electron chi connectivity index (χ0n) is 19.4. The highest BCUT2D eigenvalue weighted by molar-refractivity contribution is 6.31. The Balaban J connectivity index is 1.32. The maximum atomic E-state index is 13.0. The van der Waals surface area contributed by atoms with Crippen LogP contribution in [0.3, 0.4) is 0 Å². The molecule has 35 heavy (non-hydrogen) atoms. The molecule has 180 valence electrons. The van der Waals surface area contributed by atoms with E-state index in [-0.39, 0.29) is 6.03 Å². The van der Waals surface area contributed by atoms with E-state index in [2.05, 4.69) is 20.7 Å². The van der Waals surface area contributed by atoms with Crippen molar-refractivity contribution in [3.63, 3.8) is 0 Å². The topological polar surface area (TPSA) is 79.2 Å². The minimum Gasteiger partial charge on any atom is -0.462 e. The van der Waals surface area contributed by atoms with Gasteiger partial charge in [0, 0.05) is 43.1 Å². The molecule has 2 amide bonds. The molecule has 2 aromatic heterocycles. The van der Waals surface area contributed by atoms with Crippen LogP contribution in [-0.4, -0.2) is 59.1 Å². The number of fused-ring (bicyclic) bond motifs is 3. The van der Waals surface area contributed by atoms with Gasteiger partial charge >= 0.3 is 12.0 Å². The van der Waals surface area contributed by atoms with Gasteiger partial charge in [-0.25, -0.2) is 14.6 Å². The number of nitrogens with one attached hydrogen (secondary N) is 1. The van der Waals surface area contributed by atoms with Crippen LogP contribution in [0.1, 0.15) is 23.7 Å². The fourth-order valence-corrected chi connectivity index (χ4v) is 4.61. The Morgan fingerprint density at radius 1 is 1.03 bits per heavy atom. The number of benzene rings is 2. The van der Waals surface area contributed by atoms with Gasteiger partial charge in [0.1, 0.15) is 0 Å². The summed E-state index contributed by atoms with van der Waals surface area (Å²) in [5.41, 5.74) is 3.82. The lowest BCUT2D eigenvalue weighted by Crippen LogP contribution is -2.38. The number of hydrogen-bond acceptors (Lipinski definition) is 5. The van der Waals surface area contributed by atoms with Crippen LogP contribution in [0.15, 0.2) is 60.8 Å². The van der Waals surface area contributed by atoms with Gasteiger partial charge in [-0.3, -0.25) is 0 Å². The average molecular weight is 492 g/mol. The maximum Gasteiger partial charge on any atom is 0.338 e. The molecule has 0 saturated carbocycles. The van der Waals surface area contributed by atoms with E-state index < -0.39 is 5.97 Å². The van der Waals surface area contributed by atoms with Gasteiger partial charge in [0.25, 0.3) is 0 Å². The number of nitrogens with zero attached hydrogens (tertiary/aromatic N) is 4. The highest BCUT2D eigenvalue weighted by Crippen LogP contribution is 2.28. The normalized spacial score (nSPS) is 14.2. The second kappa shape index (κ2) is 9.84. The molecule has 1 fully saturated rings. The van der Waals surface area contributed by atoms with E-state index >= 15 is 0 Å². The fraction of sp³-hybridized carbons (Fsp3) is 0.269. The summed E-state index contributed by atoms with van der Waals surface area (Å²) in [6.45, 7) is 4.66. The number of urea groups is 1. The predicted molar refractivity (Wildman–Crippen MR) is 138 cm³/mol. The van der Waals surface area contributed by atoms with Crippen molar-refractivity contribution in [1.29, 1.82) is 0 Å². The lowest BCUT2D eigenvalue weighted by molar-refractivity contribution is 0.0526. The van der Waals surface area contributed by atoms with Crippen LogP contribution in [0.25, 0.3) is 16.6 Å². The standard InChI is InChI=1S/C26H26ClN5O3/c1-2-35-25(33)18-6-3-7-20(16-18)28-26(34)31-12-5-11-30(14-15-31)24-23-8-4-13-32(23)22-10-9-19(27)17-21(22)29-24/h3-4,6-10,13,16-17H,2,5,11-12,14-15H2,1H3,(H,28,34). The third-order valence-electron chi connectivity index (χ3n) is 6.11. The monoisotopic (exact) mass is 491 g/mol. The van der Waals surface area contributed by atoms with Gasteiger partial charge in [-0.2, -0.15) is 0 Å². The number of ether oxygens (including phenoxy) is 1. The molecule has 1 saturated heterocycles. The number of carbonyl (C=O) groups is 2. The van der Waals surface area contributed by atoms with Crippen molar-refractivity contribution in [3.05, 3.63) is 71.4 Å². The summed E-state index contributed by atoms with van der Waals surface area (Å²) >= 11 is 6.23. The number of hydrogen-bond donors (Lipinski definition) is 1.